The average molecular weight is 690 g/mol. The molecule has 1 fully saturated rings. The third-order valence-corrected chi connectivity index (χ3v) is 10.1. The average Bonchev–Trinajstić information content (AvgIpc) is 3.87. The second-order valence-corrected chi connectivity index (χ2v) is 13.8. The van der Waals surface area contributed by atoms with Gasteiger partial charge in [-0.05, 0) is 73.6 Å². The summed E-state index contributed by atoms with van der Waals surface area (Å²) in [6.07, 6.45) is 5.13. The molecule has 4 aromatic rings. The number of aliphatic hydroxyl groups is 1. The van der Waals surface area contributed by atoms with Gasteiger partial charge in [-0.2, -0.15) is 9.89 Å². The topological polar surface area (TPSA) is 111 Å². The standard InChI is InChI=1S/C41H48N6O4/c1-5-7-20-45(21-8-6-2)40(50)36-22-28(3)47(43-36)37-19-18-32(42-41(51)44(4)38-25-34(38)29-14-10-9-11-15-29)24-35(37)39(49)46-26-31-17-13-12-16-30(31)23-33(46)27-48/h9-19,22,24,33-34,38,48H,4-8,20-21,23,25-27H2,1-3H3/p+1. The maximum Gasteiger partial charge on any atom is 0.495 e. The normalized spacial score (nSPS) is 17.8. The van der Waals surface area contributed by atoms with Gasteiger partial charge in [0.25, 0.3) is 11.8 Å². The minimum atomic E-state index is -0.430. The number of amides is 4. The summed E-state index contributed by atoms with van der Waals surface area (Å²) < 4.78 is 3.12. The zero-order chi connectivity index (χ0) is 36.1. The minimum absolute atomic E-state index is 0.0246. The molecule has 4 amide bonds. The third kappa shape index (κ3) is 7.81. The quantitative estimate of drug-likeness (QED) is 0.122. The molecule has 0 saturated heterocycles. The number of fused-ring (bicyclic) bond motifs is 1. The highest BCUT2D eigenvalue weighted by Gasteiger charge is 2.46. The Hall–Kier alpha value is -5.09. The Morgan fingerprint density at radius 3 is 2.33 bits per heavy atom. The first-order valence-electron chi connectivity index (χ1n) is 18.2. The third-order valence-electron chi connectivity index (χ3n) is 10.1. The highest BCUT2D eigenvalue weighted by Crippen LogP contribution is 2.43. The maximum absolute atomic E-state index is 14.6. The van der Waals surface area contributed by atoms with Gasteiger partial charge in [-0.15, -0.1) is 0 Å². The Bertz CT molecular complexity index is 1900. The van der Waals surface area contributed by atoms with E-state index in [1.54, 1.807) is 33.8 Å². The largest absolute Gasteiger partial charge is 0.495 e. The lowest BCUT2D eigenvalue weighted by Crippen LogP contribution is -2.46. The fourth-order valence-electron chi connectivity index (χ4n) is 7.04. The van der Waals surface area contributed by atoms with Gasteiger partial charge in [-0.1, -0.05) is 81.3 Å². The Kier molecular flexibility index (Phi) is 11.1. The molecule has 0 bridgehead atoms. The van der Waals surface area contributed by atoms with Crippen molar-refractivity contribution in [1.29, 1.82) is 0 Å². The van der Waals surface area contributed by atoms with Crippen LogP contribution in [-0.4, -0.2) is 85.6 Å². The summed E-state index contributed by atoms with van der Waals surface area (Å²) >= 11 is 0. The second kappa shape index (κ2) is 15.9. The Balaban J connectivity index is 1.32. The summed E-state index contributed by atoms with van der Waals surface area (Å²) in [5.41, 5.74) is 5.53. The predicted octanol–water partition coefficient (Wildman–Crippen LogP) is 6.58. The molecular formula is C41H49N6O4+. The Morgan fingerprint density at radius 2 is 1.65 bits per heavy atom. The number of aryl methyl sites for hydroxylation is 1. The fraction of sp³-hybridized carbons (Fsp3) is 0.390. The molecule has 1 aliphatic carbocycles. The molecule has 10 nitrogen and oxygen atoms in total. The van der Waals surface area contributed by atoms with E-state index in [2.05, 4.69) is 38.0 Å². The van der Waals surface area contributed by atoms with Crippen LogP contribution in [0.25, 0.3) is 5.69 Å². The number of hydrogen-bond donors (Lipinski definition) is 2. The first-order chi connectivity index (χ1) is 24.7. The number of nitrogens with one attached hydrogen (secondary N) is 1. The zero-order valence-electron chi connectivity index (χ0n) is 29.9. The van der Waals surface area contributed by atoms with Crippen molar-refractivity contribution in [3.05, 3.63) is 113 Å². The molecule has 0 radical (unpaired) electrons. The summed E-state index contributed by atoms with van der Waals surface area (Å²) in [6.45, 7) is 11.6. The fourth-order valence-corrected chi connectivity index (χ4v) is 7.04. The van der Waals surface area contributed by atoms with Crippen LogP contribution in [0.3, 0.4) is 0 Å². The van der Waals surface area contributed by atoms with Gasteiger partial charge in [0, 0.05) is 31.2 Å². The van der Waals surface area contributed by atoms with Crippen LogP contribution in [0.2, 0.25) is 0 Å². The summed E-state index contributed by atoms with van der Waals surface area (Å²) in [4.78, 5) is 45.4. The number of aliphatic hydroxyl groups excluding tert-OH is 1. The number of rotatable bonds is 13. The van der Waals surface area contributed by atoms with Gasteiger partial charge >= 0.3 is 6.03 Å². The number of aromatic nitrogens is 2. The van der Waals surface area contributed by atoms with Crippen LogP contribution in [0, 0.1) is 6.92 Å². The monoisotopic (exact) mass is 689 g/mol. The van der Waals surface area contributed by atoms with Crippen LogP contribution in [0.4, 0.5) is 10.5 Å². The van der Waals surface area contributed by atoms with Crippen molar-refractivity contribution in [2.45, 2.75) is 83.8 Å². The summed E-state index contributed by atoms with van der Waals surface area (Å²) in [6, 6.07) is 24.2. The smallest absolute Gasteiger partial charge is 0.394 e. The number of carbonyl (C=O) groups is 3. The van der Waals surface area contributed by atoms with Crippen LogP contribution < -0.4 is 5.32 Å². The lowest BCUT2D eigenvalue weighted by atomic mass is 9.93. The van der Waals surface area contributed by atoms with Gasteiger partial charge in [0.15, 0.2) is 5.69 Å². The molecule has 0 spiro atoms. The molecule has 51 heavy (non-hydrogen) atoms. The lowest BCUT2D eigenvalue weighted by molar-refractivity contribution is -0.431. The van der Waals surface area contributed by atoms with Crippen molar-refractivity contribution in [3.8, 4) is 5.69 Å². The highest BCUT2D eigenvalue weighted by atomic mass is 16.3. The van der Waals surface area contributed by atoms with Crippen molar-refractivity contribution in [1.82, 2.24) is 19.6 Å². The lowest BCUT2D eigenvalue weighted by Gasteiger charge is -2.36. The van der Waals surface area contributed by atoms with Crippen LogP contribution in [0.5, 0.6) is 0 Å². The molecule has 266 valence electrons. The van der Waals surface area contributed by atoms with Crippen molar-refractivity contribution in [3.63, 3.8) is 0 Å². The molecule has 3 unspecified atom stereocenters. The molecule has 3 aromatic carbocycles. The van der Waals surface area contributed by atoms with Crippen LogP contribution >= 0.6 is 0 Å². The van der Waals surface area contributed by atoms with Crippen molar-refractivity contribution >= 4 is 30.3 Å². The Labute approximate surface area is 300 Å². The first kappa shape index (κ1) is 35.7. The number of unbranched alkanes of at least 4 members (excludes halogenated alkanes) is 2. The number of carbonyl (C=O) groups excluding carboxylic acids is 3. The second-order valence-electron chi connectivity index (χ2n) is 13.8. The molecule has 1 aliphatic heterocycles. The van der Waals surface area contributed by atoms with E-state index in [-0.39, 0.29) is 36.4 Å². The molecule has 10 heteroatoms. The first-order valence-corrected chi connectivity index (χ1v) is 18.2. The van der Waals surface area contributed by atoms with Crippen LogP contribution in [-0.2, 0) is 13.0 Å². The summed E-state index contributed by atoms with van der Waals surface area (Å²) in [5.74, 6) is -0.207. The Morgan fingerprint density at radius 1 is 0.961 bits per heavy atom. The molecule has 3 atom stereocenters. The van der Waals surface area contributed by atoms with E-state index in [0.29, 0.717) is 54.4 Å². The molecule has 6 rings (SSSR count). The number of hydrogen-bond acceptors (Lipinski definition) is 5. The van der Waals surface area contributed by atoms with E-state index in [9.17, 15) is 19.5 Å². The predicted molar refractivity (Wildman–Crippen MR) is 199 cm³/mol. The van der Waals surface area contributed by atoms with E-state index in [4.69, 9.17) is 5.10 Å². The van der Waals surface area contributed by atoms with E-state index >= 15 is 0 Å². The van der Waals surface area contributed by atoms with E-state index in [0.717, 1.165) is 43.2 Å². The zero-order valence-corrected chi connectivity index (χ0v) is 29.9. The molecule has 2 aliphatic rings. The summed E-state index contributed by atoms with van der Waals surface area (Å²) in [7, 11) is 0. The maximum atomic E-state index is 14.6. The van der Waals surface area contributed by atoms with Gasteiger partial charge in [-0.3, -0.25) is 9.59 Å². The van der Waals surface area contributed by atoms with Crippen molar-refractivity contribution < 1.29 is 24.1 Å². The number of anilines is 1. The molecule has 1 aromatic heterocycles. The molecule has 1 saturated carbocycles. The van der Waals surface area contributed by atoms with Crippen molar-refractivity contribution in [2.75, 3.05) is 25.0 Å². The highest BCUT2D eigenvalue weighted by molar-refractivity contribution is 6.00. The number of benzene rings is 3. The van der Waals surface area contributed by atoms with E-state index in [1.807, 2.05) is 54.3 Å². The molecular weight excluding hydrogens is 640 g/mol. The minimum Gasteiger partial charge on any atom is -0.394 e. The SMILES string of the molecule is C=[N+](C(=O)Nc1ccc(-n2nc(C(=O)N(CCCC)CCCC)cc2C)c(C(=O)N2Cc3ccccc3CC2CO)c1)C1CC1c1ccccc1. The van der Waals surface area contributed by atoms with Gasteiger partial charge in [0.1, 0.15) is 11.7 Å². The van der Waals surface area contributed by atoms with E-state index in [1.165, 1.54) is 10.1 Å². The van der Waals surface area contributed by atoms with Gasteiger partial charge in [0.2, 0.25) is 0 Å². The number of nitrogens with zero attached hydrogens (tertiary/aromatic N) is 5. The summed E-state index contributed by atoms with van der Waals surface area (Å²) in [5, 5.41) is 18.2. The van der Waals surface area contributed by atoms with Crippen molar-refractivity contribution in [2.24, 2.45) is 0 Å². The van der Waals surface area contributed by atoms with Gasteiger partial charge in [0.05, 0.1) is 30.6 Å². The van der Waals surface area contributed by atoms with Gasteiger partial charge in [-0.25, -0.2) is 14.6 Å². The van der Waals surface area contributed by atoms with Gasteiger partial charge < -0.3 is 14.9 Å². The van der Waals surface area contributed by atoms with E-state index < -0.39 is 6.04 Å². The number of urea groups is 1. The van der Waals surface area contributed by atoms with Crippen LogP contribution in [0.1, 0.15) is 95.1 Å². The molecule has 2 N–H and O–H groups in total. The molecule has 2 heterocycles. The van der Waals surface area contributed by atoms with Crippen LogP contribution in [0.15, 0.2) is 78.9 Å².